The number of carbonyl (C=O) groups excluding carboxylic acids is 3. The lowest BCUT2D eigenvalue weighted by molar-refractivity contribution is -0.107. The molecule has 2 aromatic rings. The van der Waals surface area contributed by atoms with Crippen molar-refractivity contribution in [3.63, 3.8) is 0 Å². The van der Waals surface area contributed by atoms with Crippen LogP contribution in [0.1, 0.15) is 42.3 Å². The summed E-state index contributed by atoms with van der Waals surface area (Å²) in [7, 11) is 3.66. The average molecular weight is 503 g/mol. The number of likely N-dealkylation sites (N-methyl/N-ethyl adjacent to an activating group) is 1. The highest BCUT2D eigenvalue weighted by molar-refractivity contribution is 5.94. The molecule has 1 aliphatic rings. The molecular formula is C27H39FN4O4. The molecule has 1 heterocycles. The van der Waals surface area contributed by atoms with Gasteiger partial charge in [-0.15, -0.1) is 0 Å². The van der Waals surface area contributed by atoms with Crippen molar-refractivity contribution in [1.82, 2.24) is 15.1 Å². The highest BCUT2D eigenvalue weighted by Gasteiger charge is 2.24. The van der Waals surface area contributed by atoms with Gasteiger partial charge in [-0.3, -0.25) is 4.79 Å². The van der Waals surface area contributed by atoms with Gasteiger partial charge < -0.3 is 30.4 Å². The number of anilines is 1. The number of aryl methyl sites for hydroxylation is 1. The number of rotatable bonds is 3. The maximum Gasteiger partial charge on any atom is 0.410 e. The number of carbonyl (C=O) groups is 3. The van der Waals surface area contributed by atoms with Crippen LogP contribution in [0.15, 0.2) is 42.5 Å². The summed E-state index contributed by atoms with van der Waals surface area (Å²) in [4.78, 5) is 36.6. The van der Waals surface area contributed by atoms with Crippen LogP contribution in [0.4, 0.5) is 14.9 Å². The first-order valence-corrected chi connectivity index (χ1v) is 11.8. The maximum absolute atomic E-state index is 12.8. The smallest absolute Gasteiger partial charge is 0.410 e. The van der Waals surface area contributed by atoms with Crippen LogP contribution in [0.3, 0.4) is 0 Å². The van der Waals surface area contributed by atoms with Gasteiger partial charge in [0.05, 0.1) is 0 Å². The lowest BCUT2D eigenvalue weighted by Crippen LogP contribution is -2.48. The molecule has 1 saturated heterocycles. The molecule has 0 bridgehead atoms. The molecule has 0 radical (unpaired) electrons. The third-order valence-electron chi connectivity index (χ3n) is 5.11. The zero-order valence-electron chi connectivity index (χ0n) is 22.1. The van der Waals surface area contributed by atoms with E-state index in [2.05, 4.69) is 17.3 Å². The summed E-state index contributed by atoms with van der Waals surface area (Å²) in [6, 6.07) is 11.6. The second kappa shape index (κ2) is 14.8. The van der Waals surface area contributed by atoms with Gasteiger partial charge in [0.15, 0.2) is 0 Å². The third kappa shape index (κ3) is 11.8. The molecule has 8 nitrogen and oxygen atoms in total. The summed E-state index contributed by atoms with van der Waals surface area (Å²) in [5, 5.41) is 2.52. The van der Waals surface area contributed by atoms with E-state index in [-0.39, 0.29) is 29.8 Å². The van der Waals surface area contributed by atoms with E-state index in [1.807, 2.05) is 20.8 Å². The van der Waals surface area contributed by atoms with Crippen LogP contribution >= 0.6 is 0 Å². The summed E-state index contributed by atoms with van der Waals surface area (Å²) in [6.45, 7) is 10.8. The Kier molecular flexibility index (Phi) is 12.6. The van der Waals surface area contributed by atoms with Crippen molar-refractivity contribution in [2.75, 3.05) is 46.0 Å². The van der Waals surface area contributed by atoms with Crippen molar-refractivity contribution in [1.29, 1.82) is 0 Å². The van der Waals surface area contributed by atoms with Gasteiger partial charge in [0.25, 0.3) is 5.91 Å². The van der Waals surface area contributed by atoms with Crippen LogP contribution in [0.25, 0.3) is 0 Å². The van der Waals surface area contributed by atoms with Gasteiger partial charge in [-0.1, -0.05) is 12.1 Å². The first-order chi connectivity index (χ1) is 16.9. The second-order valence-electron chi connectivity index (χ2n) is 9.43. The molecule has 2 amide bonds. The van der Waals surface area contributed by atoms with Crippen LogP contribution in [-0.4, -0.2) is 74.0 Å². The number of piperazine rings is 1. The first-order valence-electron chi connectivity index (χ1n) is 11.8. The fourth-order valence-corrected chi connectivity index (χ4v) is 2.95. The zero-order chi connectivity index (χ0) is 27.3. The molecule has 1 fully saturated rings. The van der Waals surface area contributed by atoms with Crippen LogP contribution in [0, 0.1) is 12.7 Å². The van der Waals surface area contributed by atoms with Crippen molar-refractivity contribution in [3.05, 3.63) is 65.0 Å². The SMILES string of the molecule is CN1CCN(C(=O)OC(C)(C)C)CC1.CNC(=O)c1ccc(N)cc1.Cc1ccc(CC=O)cc1F. The highest BCUT2D eigenvalue weighted by atomic mass is 19.1. The quantitative estimate of drug-likeness (QED) is 0.490. The first kappa shape index (κ1) is 30.6. The van der Waals surface area contributed by atoms with Gasteiger partial charge in [-0.25, -0.2) is 9.18 Å². The van der Waals surface area contributed by atoms with E-state index < -0.39 is 0 Å². The summed E-state index contributed by atoms with van der Waals surface area (Å²) in [6.07, 6.45) is 0.868. The number of nitrogens with two attached hydrogens (primary N) is 1. The summed E-state index contributed by atoms with van der Waals surface area (Å²) in [5.41, 5.74) is 7.68. The fraction of sp³-hybridized carbons (Fsp3) is 0.444. The molecule has 0 saturated carbocycles. The molecule has 0 unspecified atom stereocenters. The van der Waals surface area contributed by atoms with Gasteiger partial charge >= 0.3 is 6.09 Å². The van der Waals surface area contributed by atoms with Gasteiger partial charge in [0.2, 0.25) is 0 Å². The Bertz CT molecular complexity index is 982. The lowest BCUT2D eigenvalue weighted by atomic mass is 10.1. The molecule has 36 heavy (non-hydrogen) atoms. The van der Waals surface area contributed by atoms with Crippen LogP contribution < -0.4 is 11.1 Å². The Morgan fingerprint density at radius 3 is 2.14 bits per heavy atom. The van der Waals surface area contributed by atoms with E-state index in [9.17, 15) is 18.8 Å². The number of nitrogens with one attached hydrogen (secondary N) is 1. The molecule has 9 heteroatoms. The molecule has 3 rings (SSSR count). The summed E-state index contributed by atoms with van der Waals surface area (Å²) >= 11 is 0. The predicted molar refractivity (Wildman–Crippen MR) is 140 cm³/mol. The summed E-state index contributed by atoms with van der Waals surface area (Å²) in [5.74, 6) is -0.339. The Balaban J connectivity index is 0.000000273. The molecule has 198 valence electrons. The average Bonchev–Trinajstić information content (AvgIpc) is 2.82. The molecule has 3 N–H and O–H groups in total. The van der Waals surface area contributed by atoms with Crippen molar-refractivity contribution in [3.8, 4) is 0 Å². The molecule has 2 aromatic carbocycles. The summed E-state index contributed by atoms with van der Waals surface area (Å²) < 4.78 is 18.1. The zero-order valence-corrected chi connectivity index (χ0v) is 22.1. The minimum absolute atomic E-state index is 0.0926. The Morgan fingerprint density at radius 1 is 1.08 bits per heavy atom. The van der Waals surface area contributed by atoms with E-state index in [1.54, 1.807) is 55.3 Å². The van der Waals surface area contributed by atoms with Crippen LogP contribution in [0.2, 0.25) is 0 Å². The number of nitrogens with zero attached hydrogens (tertiary/aromatic N) is 2. The van der Waals surface area contributed by atoms with Crippen LogP contribution in [0.5, 0.6) is 0 Å². The predicted octanol–water partition coefficient (Wildman–Crippen LogP) is 3.67. The van der Waals surface area contributed by atoms with Crippen molar-refractivity contribution < 1.29 is 23.5 Å². The number of hydrogen-bond acceptors (Lipinski definition) is 6. The number of halogens is 1. The second-order valence-corrected chi connectivity index (χ2v) is 9.43. The lowest BCUT2D eigenvalue weighted by Gasteiger charge is -2.33. The van der Waals surface area contributed by atoms with E-state index >= 15 is 0 Å². The Labute approximate surface area is 213 Å². The molecule has 0 aliphatic carbocycles. The monoisotopic (exact) mass is 502 g/mol. The van der Waals surface area contributed by atoms with Crippen molar-refractivity contribution in [2.45, 2.75) is 39.7 Å². The van der Waals surface area contributed by atoms with Gasteiger partial charge in [0, 0.05) is 50.9 Å². The minimum atomic E-state index is -0.388. The van der Waals surface area contributed by atoms with Gasteiger partial charge in [0.1, 0.15) is 17.7 Å². The van der Waals surface area contributed by atoms with E-state index in [1.165, 1.54) is 6.07 Å². The Morgan fingerprint density at radius 2 is 1.67 bits per heavy atom. The number of hydrogen-bond donors (Lipinski definition) is 2. The molecule has 1 aliphatic heterocycles. The minimum Gasteiger partial charge on any atom is -0.444 e. The standard InChI is InChI=1S/C10H20N2O2.C9H9FO.C8H10N2O/c1-10(2,3)14-9(13)12-7-5-11(4)6-8-12;1-7-2-3-8(4-5-11)6-9(7)10;1-10-8(11)6-2-4-7(9)5-3-6/h5-8H2,1-4H3;2-3,5-6H,4H2,1H3;2-5H,9H2,1H3,(H,10,11). The number of ether oxygens (including phenoxy) is 1. The molecular weight excluding hydrogens is 463 g/mol. The topological polar surface area (TPSA) is 105 Å². The van der Waals surface area contributed by atoms with Gasteiger partial charge in [-0.05, 0) is 76.2 Å². The molecule has 0 spiro atoms. The number of nitrogen functional groups attached to an aromatic ring is 1. The van der Waals surface area contributed by atoms with Gasteiger partial charge in [-0.2, -0.15) is 0 Å². The number of amides is 2. The maximum atomic E-state index is 12.8. The molecule has 0 aromatic heterocycles. The normalized spacial score (nSPS) is 13.4. The van der Waals surface area contributed by atoms with E-state index in [0.717, 1.165) is 38.0 Å². The van der Waals surface area contributed by atoms with E-state index in [0.29, 0.717) is 16.8 Å². The number of benzene rings is 2. The third-order valence-corrected chi connectivity index (χ3v) is 5.11. The Hall–Kier alpha value is -3.46. The molecule has 0 atom stereocenters. The number of aldehydes is 1. The fourth-order valence-electron chi connectivity index (χ4n) is 2.95. The largest absolute Gasteiger partial charge is 0.444 e. The van der Waals surface area contributed by atoms with Crippen molar-refractivity contribution in [2.24, 2.45) is 0 Å². The van der Waals surface area contributed by atoms with Crippen LogP contribution in [-0.2, 0) is 16.0 Å². The van der Waals surface area contributed by atoms with Crippen molar-refractivity contribution >= 4 is 24.0 Å². The van der Waals surface area contributed by atoms with E-state index in [4.69, 9.17) is 10.5 Å². The highest BCUT2D eigenvalue weighted by Crippen LogP contribution is 2.11.